The number of hydrogen-bond acceptors (Lipinski definition) is 6. The first-order chi connectivity index (χ1) is 12.9. The maximum absolute atomic E-state index is 12.7. The third kappa shape index (κ3) is 5.23. The van der Waals surface area contributed by atoms with Crippen molar-refractivity contribution in [2.24, 2.45) is 5.92 Å². The molecular weight excluding hydrogens is 387 g/mol. The van der Waals surface area contributed by atoms with Crippen LogP contribution in [0.5, 0.6) is 0 Å². The van der Waals surface area contributed by atoms with Crippen molar-refractivity contribution in [3.63, 3.8) is 0 Å². The standard InChI is InChI=1S/C18H29N2O7P/c1-11(17(24)25)5-8-19-13(21)6-9-20(18(19)26)16-15(23)14(22)12(27-16)7-10-28(2,3)4/h6,9,11-12,14-16,22-23H,2,5,7-8,10H2,1,3-4H3,(H,24,25)/t11?,12-,14-,15-,16?/m1/s1. The minimum Gasteiger partial charge on any atom is -0.481 e. The summed E-state index contributed by atoms with van der Waals surface area (Å²) in [4.78, 5) is 35.8. The lowest BCUT2D eigenvalue weighted by Crippen LogP contribution is -2.43. The topological polar surface area (TPSA) is 131 Å². The fourth-order valence-corrected chi connectivity index (χ4v) is 4.00. The van der Waals surface area contributed by atoms with Crippen molar-refractivity contribution in [1.82, 2.24) is 9.13 Å². The molecule has 1 aliphatic heterocycles. The minimum atomic E-state index is -1.34. The second-order valence-corrected chi connectivity index (χ2v) is 12.3. The summed E-state index contributed by atoms with van der Waals surface area (Å²) in [6.45, 7) is 4.20. The average molecular weight is 416 g/mol. The predicted octanol–water partition coefficient (Wildman–Crippen LogP) is -0.161. The van der Waals surface area contributed by atoms with Crippen molar-refractivity contribution < 1.29 is 24.9 Å². The summed E-state index contributed by atoms with van der Waals surface area (Å²) in [5.41, 5.74) is -1.28. The Morgan fingerprint density at radius 2 is 1.96 bits per heavy atom. The number of hydrogen-bond donors (Lipinski definition) is 3. The van der Waals surface area contributed by atoms with Crippen molar-refractivity contribution in [1.29, 1.82) is 0 Å². The third-order valence-corrected chi connectivity index (χ3v) is 6.40. The SMILES string of the molecule is C=P(C)(C)CC[C@H]1OC(n2ccc(=O)n(CCC(C)C(=O)O)c2=O)[C@H](O)[C@@H]1O. The van der Waals surface area contributed by atoms with E-state index in [2.05, 4.69) is 19.6 Å². The smallest absolute Gasteiger partial charge is 0.333 e. The van der Waals surface area contributed by atoms with Crippen LogP contribution in [0.25, 0.3) is 0 Å². The van der Waals surface area contributed by atoms with Crippen LogP contribution in [0.4, 0.5) is 0 Å². The number of carboxylic acids is 1. The summed E-state index contributed by atoms with van der Waals surface area (Å²) >= 11 is 0. The lowest BCUT2D eigenvalue weighted by molar-refractivity contribution is -0.141. The molecule has 1 aromatic rings. The van der Waals surface area contributed by atoms with E-state index in [4.69, 9.17) is 9.84 Å². The second-order valence-electron chi connectivity index (χ2n) is 8.02. The van der Waals surface area contributed by atoms with Gasteiger partial charge in [0.1, 0.15) is 12.2 Å². The van der Waals surface area contributed by atoms with E-state index in [0.717, 1.165) is 21.4 Å². The molecule has 1 fully saturated rings. The summed E-state index contributed by atoms with van der Waals surface area (Å²) < 4.78 is 7.74. The Morgan fingerprint density at radius 3 is 2.54 bits per heavy atom. The van der Waals surface area contributed by atoms with Crippen LogP contribution >= 0.6 is 6.89 Å². The number of rotatable bonds is 8. The van der Waals surface area contributed by atoms with Gasteiger partial charge in [0.2, 0.25) is 0 Å². The van der Waals surface area contributed by atoms with E-state index in [1.165, 1.54) is 13.1 Å². The van der Waals surface area contributed by atoms with Gasteiger partial charge in [-0.15, -0.1) is 13.2 Å². The highest BCUT2D eigenvalue weighted by atomic mass is 31.2. The Hall–Kier alpha value is -1.67. The van der Waals surface area contributed by atoms with Gasteiger partial charge in [-0.05, 0) is 32.3 Å². The monoisotopic (exact) mass is 416 g/mol. The number of aromatic nitrogens is 2. The minimum absolute atomic E-state index is 0.0685. The van der Waals surface area contributed by atoms with Crippen LogP contribution in [0, 0.1) is 5.92 Å². The molecule has 28 heavy (non-hydrogen) atoms. The number of aliphatic hydroxyl groups excluding tert-OH is 2. The Bertz CT molecular complexity index is 871. The molecule has 2 heterocycles. The van der Waals surface area contributed by atoms with E-state index in [-0.39, 0.29) is 13.0 Å². The van der Waals surface area contributed by atoms with E-state index < -0.39 is 54.6 Å². The van der Waals surface area contributed by atoms with Crippen LogP contribution in [0.15, 0.2) is 21.9 Å². The Balaban J connectivity index is 2.24. The maximum Gasteiger partial charge on any atom is 0.333 e. The van der Waals surface area contributed by atoms with Crippen molar-refractivity contribution in [2.75, 3.05) is 19.5 Å². The Kier molecular flexibility index (Phi) is 7.09. The number of nitrogens with zero attached hydrogens (tertiary/aromatic N) is 2. The molecule has 9 nitrogen and oxygen atoms in total. The van der Waals surface area contributed by atoms with Crippen molar-refractivity contribution in [2.45, 2.75) is 50.8 Å². The highest BCUT2D eigenvalue weighted by molar-refractivity contribution is 7.72. The molecular formula is C18H29N2O7P. The van der Waals surface area contributed by atoms with Gasteiger partial charge in [0.25, 0.3) is 5.56 Å². The molecule has 1 saturated heterocycles. The van der Waals surface area contributed by atoms with Gasteiger partial charge in [0.15, 0.2) is 6.23 Å². The molecule has 0 aromatic carbocycles. The largest absolute Gasteiger partial charge is 0.481 e. The Labute approximate surface area is 163 Å². The normalized spacial score (nSPS) is 26.3. The summed E-state index contributed by atoms with van der Waals surface area (Å²) in [5, 5.41) is 29.7. The predicted molar refractivity (Wildman–Crippen MR) is 108 cm³/mol. The van der Waals surface area contributed by atoms with E-state index in [9.17, 15) is 24.6 Å². The van der Waals surface area contributed by atoms with E-state index >= 15 is 0 Å². The lowest BCUT2D eigenvalue weighted by atomic mass is 10.1. The summed E-state index contributed by atoms with van der Waals surface area (Å²) in [5.74, 6) is -1.73. The summed E-state index contributed by atoms with van der Waals surface area (Å²) in [7, 11) is 0. The summed E-state index contributed by atoms with van der Waals surface area (Å²) in [6, 6.07) is 1.16. The average Bonchev–Trinajstić information content (AvgIpc) is 2.87. The maximum atomic E-state index is 12.7. The van der Waals surface area contributed by atoms with Crippen LogP contribution in [-0.4, -0.2) is 74.5 Å². The quantitative estimate of drug-likeness (QED) is 0.502. The molecule has 0 aliphatic carbocycles. The van der Waals surface area contributed by atoms with Gasteiger partial charge >= 0.3 is 11.7 Å². The fourth-order valence-electron chi connectivity index (χ4n) is 3.05. The lowest BCUT2D eigenvalue weighted by Gasteiger charge is -2.19. The number of ether oxygens (including phenoxy) is 1. The molecule has 0 spiro atoms. The van der Waals surface area contributed by atoms with Gasteiger partial charge in [-0.25, -0.2) is 4.79 Å². The van der Waals surface area contributed by atoms with Gasteiger partial charge < -0.3 is 20.1 Å². The van der Waals surface area contributed by atoms with Crippen LogP contribution in [-0.2, 0) is 16.1 Å². The molecule has 2 rings (SSSR count). The van der Waals surface area contributed by atoms with Crippen LogP contribution in [0.3, 0.4) is 0 Å². The first kappa shape index (κ1) is 22.6. The van der Waals surface area contributed by atoms with Crippen molar-refractivity contribution >= 4 is 19.2 Å². The first-order valence-corrected chi connectivity index (χ1v) is 12.2. The molecule has 0 saturated carbocycles. The molecule has 5 atom stereocenters. The molecule has 158 valence electrons. The van der Waals surface area contributed by atoms with Crippen molar-refractivity contribution in [3.8, 4) is 0 Å². The molecule has 3 N–H and O–H groups in total. The number of aliphatic hydroxyl groups is 2. The van der Waals surface area contributed by atoms with E-state index in [0.29, 0.717) is 6.42 Å². The van der Waals surface area contributed by atoms with Crippen LogP contribution in [0.2, 0.25) is 0 Å². The zero-order chi connectivity index (χ0) is 21.2. The van der Waals surface area contributed by atoms with Gasteiger partial charge in [-0.3, -0.25) is 18.7 Å². The molecule has 10 heteroatoms. The molecule has 0 amide bonds. The molecule has 0 radical (unpaired) electrons. The third-order valence-electron chi connectivity index (χ3n) is 4.93. The highest BCUT2D eigenvalue weighted by Gasteiger charge is 2.44. The van der Waals surface area contributed by atoms with Gasteiger partial charge in [0.05, 0.1) is 12.0 Å². The molecule has 1 aliphatic rings. The van der Waals surface area contributed by atoms with Gasteiger partial charge in [0, 0.05) is 18.8 Å². The first-order valence-electron chi connectivity index (χ1n) is 9.16. The van der Waals surface area contributed by atoms with E-state index in [1.807, 2.05) is 0 Å². The van der Waals surface area contributed by atoms with Crippen LogP contribution in [0.1, 0.15) is 26.0 Å². The van der Waals surface area contributed by atoms with Gasteiger partial charge in [-0.2, -0.15) is 0 Å². The van der Waals surface area contributed by atoms with E-state index in [1.54, 1.807) is 0 Å². The summed E-state index contributed by atoms with van der Waals surface area (Å²) in [6.07, 6.45) is 2.47. The van der Waals surface area contributed by atoms with Gasteiger partial charge in [-0.1, -0.05) is 6.92 Å². The zero-order valence-corrected chi connectivity index (χ0v) is 17.3. The van der Waals surface area contributed by atoms with Crippen molar-refractivity contribution in [3.05, 3.63) is 33.1 Å². The molecule has 0 bridgehead atoms. The highest BCUT2D eigenvalue weighted by Crippen LogP contribution is 2.39. The molecule has 2 unspecified atom stereocenters. The fraction of sp³-hybridized carbons (Fsp3) is 0.667. The molecule has 1 aromatic heterocycles. The van der Waals surface area contributed by atoms with Crippen LogP contribution < -0.4 is 11.2 Å². The number of carboxylic acid groups (broad SMARTS) is 1. The zero-order valence-electron chi connectivity index (χ0n) is 16.4. The Morgan fingerprint density at radius 1 is 1.32 bits per heavy atom. The number of carbonyl (C=O) groups is 1. The second kappa shape index (κ2) is 8.78. The number of aliphatic carboxylic acids is 1.